The highest BCUT2D eigenvalue weighted by atomic mass is 35.5. The molecule has 1 N–H and O–H groups in total. The molecule has 5 nitrogen and oxygen atoms in total. The molecule has 150 valence electrons. The maximum atomic E-state index is 12.8. The van der Waals surface area contributed by atoms with Crippen molar-refractivity contribution >= 4 is 12.4 Å². The third-order valence-electron chi connectivity index (χ3n) is 5.23. The number of nitrogens with one attached hydrogen (secondary N) is 1. The number of aromatic nitrogens is 2. The highest BCUT2D eigenvalue weighted by Gasteiger charge is 2.34. The van der Waals surface area contributed by atoms with Crippen LogP contribution in [0.25, 0.3) is 0 Å². The van der Waals surface area contributed by atoms with Crippen LogP contribution < -0.4 is 5.32 Å². The number of aryl methyl sites for hydroxylation is 1. The van der Waals surface area contributed by atoms with Gasteiger partial charge in [-0.2, -0.15) is 18.3 Å². The third-order valence-corrected chi connectivity index (χ3v) is 5.23. The first-order valence-corrected chi connectivity index (χ1v) is 8.98. The summed E-state index contributed by atoms with van der Waals surface area (Å²) in [5.74, 6) is 0.584. The van der Waals surface area contributed by atoms with Crippen molar-refractivity contribution in [1.29, 1.82) is 0 Å². The zero-order valence-corrected chi connectivity index (χ0v) is 16.1. The molecule has 3 heterocycles. The Morgan fingerprint density at radius 2 is 2.08 bits per heavy atom. The fraction of sp³-hybridized carbons (Fsp3) is 0.824. The van der Waals surface area contributed by atoms with Crippen molar-refractivity contribution in [2.24, 2.45) is 5.92 Å². The predicted molar refractivity (Wildman–Crippen MR) is 95.7 cm³/mol. The molecule has 2 saturated heterocycles. The molecule has 0 aromatic carbocycles. The molecule has 0 radical (unpaired) electrons. The lowest BCUT2D eigenvalue weighted by atomic mass is 9.96. The quantitative estimate of drug-likeness (QED) is 0.849. The number of piperidine rings is 1. The summed E-state index contributed by atoms with van der Waals surface area (Å²) < 4.78 is 45.1. The van der Waals surface area contributed by atoms with Crippen molar-refractivity contribution in [3.8, 4) is 0 Å². The van der Waals surface area contributed by atoms with Gasteiger partial charge in [-0.1, -0.05) is 0 Å². The molecule has 26 heavy (non-hydrogen) atoms. The highest BCUT2D eigenvalue weighted by Crippen LogP contribution is 2.31. The van der Waals surface area contributed by atoms with Crippen LogP contribution in [-0.4, -0.2) is 60.2 Å². The molecule has 1 aromatic heterocycles. The molecule has 2 fully saturated rings. The number of halogens is 4. The average Bonchev–Trinajstić information content (AvgIpc) is 2.81. The van der Waals surface area contributed by atoms with E-state index in [1.807, 2.05) is 0 Å². The van der Waals surface area contributed by atoms with Crippen LogP contribution in [0.5, 0.6) is 0 Å². The van der Waals surface area contributed by atoms with Gasteiger partial charge in [-0.15, -0.1) is 12.4 Å². The first-order valence-electron chi connectivity index (χ1n) is 8.98. The van der Waals surface area contributed by atoms with Gasteiger partial charge < -0.3 is 10.1 Å². The Kier molecular flexibility index (Phi) is 7.35. The van der Waals surface area contributed by atoms with Gasteiger partial charge in [0, 0.05) is 24.3 Å². The molecule has 2 aliphatic heterocycles. The third kappa shape index (κ3) is 5.12. The normalized spacial score (nSPS) is 25.1. The lowest BCUT2D eigenvalue weighted by molar-refractivity contribution is -0.143. The summed E-state index contributed by atoms with van der Waals surface area (Å²) in [4.78, 5) is 2.37. The van der Waals surface area contributed by atoms with Gasteiger partial charge in [0.25, 0.3) is 0 Å². The maximum Gasteiger partial charge on any atom is 0.408 e. The van der Waals surface area contributed by atoms with Gasteiger partial charge in [0.05, 0.1) is 24.9 Å². The van der Waals surface area contributed by atoms with E-state index >= 15 is 0 Å². The van der Waals surface area contributed by atoms with E-state index in [4.69, 9.17) is 4.74 Å². The van der Waals surface area contributed by atoms with E-state index in [2.05, 4.69) is 15.3 Å². The van der Waals surface area contributed by atoms with E-state index in [1.54, 1.807) is 13.8 Å². The Labute approximate surface area is 158 Å². The molecule has 2 unspecified atom stereocenters. The number of hydrogen-bond donors (Lipinski definition) is 1. The summed E-state index contributed by atoms with van der Waals surface area (Å²) in [6, 6.07) is -0.0161. The van der Waals surface area contributed by atoms with Gasteiger partial charge in [-0.05, 0) is 45.7 Å². The molecule has 0 spiro atoms. The van der Waals surface area contributed by atoms with E-state index in [1.165, 1.54) is 12.8 Å². The first-order chi connectivity index (χ1) is 11.8. The van der Waals surface area contributed by atoms with Gasteiger partial charge in [-0.3, -0.25) is 9.58 Å². The largest absolute Gasteiger partial charge is 0.408 e. The molecular formula is C17H28ClF3N4O. The van der Waals surface area contributed by atoms with Crippen LogP contribution in [0.15, 0.2) is 0 Å². The zero-order valence-electron chi connectivity index (χ0n) is 15.3. The number of nitrogens with zero attached hydrogens (tertiary/aromatic N) is 3. The smallest absolute Gasteiger partial charge is 0.378 e. The van der Waals surface area contributed by atoms with E-state index in [0.29, 0.717) is 30.5 Å². The minimum absolute atomic E-state index is 0. The summed E-state index contributed by atoms with van der Waals surface area (Å²) in [5, 5.41) is 7.59. The standard InChI is InChI=1S/C17H27F3N4O.ClH/c1-12-16(13(2)24(22-12)11-17(18,19)20)15-10-25-7-6-23(15)9-14-4-3-5-21-8-14;/h14-15,21H,3-11H2,1-2H3;1H. The average molecular weight is 397 g/mol. The molecule has 9 heteroatoms. The molecule has 1 aromatic rings. The minimum Gasteiger partial charge on any atom is -0.378 e. The van der Waals surface area contributed by atoms with Gasteiger partial charge in [0.15, 0.2) is 0 Å². The summed E-state index contributed by atoms with van der Waals surface area (Å²) >= 11 is 0. The monoisotopic (exact) mass is 396 g/mol. The Morgan fingerprint density at radius 1 is 1.31 bits per heavy atom. The van der Waals surface area contributed by atoms with Crippen LogP contribution in [0.1, 0.15) is 35.8 Å². The number of alkyl halides is 3. The second kappa shape index (κ2) is 8.91. The van der Waals surface area contributed by atoms with Crippen molar-refractivity contribution in [3.63, 3.8) is 0 Å². The minimum atomic E-state index is -4.27. The molecule has 2 aliphatic rings. The van der Waals surface area contributed by atoms with Crippen molar-refractivity contribution in [1.82, 2.24) is 20.0 Å². The number of rotatable bonds is 4. The number of ether oxygens (including phenoxy) is 1. The fourth-order valence-corrected chi connectivity index (χ4v) is 4.05. The SMILES string of the molecule is Cc1nn(CC(F)(F)F)c(C)c1C1COCCN1CC1CCCNC1.Cl. The zero-order chi connectivity index (χ0) is 18.0. The molecule has 0 amide bonds. The topological polar surface area (TPSA) is 42.3 Å². The number of hydrogen-bond acceptors (Lipinski definition) is 4. The van der Waals surface area contributed by atoms with E-state index < -0.39 is 12.7 Å². The Bertz CT molecular complexity index is 587. The molecule has 0 bridgehead atoms. The first kappa shape index (κ1) is 21.5. The highest BCUT2D eigenvalue weighted by molar-refractivity contribution is 5.85. The summed E-state index contributed by atoms with van der Waals surface area (Å²) in [6.45, 7) is 7.51. The van der Waals surface area contributed by atoms with Gasteiger partial charge in [0.2, 0.25) is 0 Å². The van der Waals surface area contributed by atoms with Gasteiger partial charge in [0.1, 0.15) is 6.54 Å². The maximum absolute atomic E-state index is 12.8. The molecular weight excluding hydrogens is 369 g/mol. The van der Waals surface area contributed by atoms with E-state index in [9.17, 15) is 13.2 Å². The van der Waals surface area contributed by atoms with Crippen LogP contribution in [0, 0.1) is 19.8 Å². The fourth-order valence-electron chi connectivity index (χ4n) is 4.05. The molecule has 2 atom stereocenters. The van der Waals surface area contributed by atoms with Gasteiger partial charge >= 0.3 is 6.18 Å². The van der Waals surface area contributed by atoms with Crippen LogP contribution in [0.4, 0.5) is 13.2 Å². The lowest BCUT2D eigenvalue weighted by Gasteiger charge is -2.39. The Hall–Kier alpha value is -0.830. The van der Waals surface area contributed by atoms with Crippen LogP contribution in [0.2, 0.25) is 0 Å². The summed E-state index contributed by atoms with van der Waals surface area (Å²) in [7, 11) is 0. The lowest BCUT2D eigenvalue weighted by Crippen LogP contribution is -2.45. The Morgan fingerprint density at radius 3 is 2.73 bits per heavy atom. The van der Waals surface area contributed by atoms with Crippen LogP contribution in [0.3, 0.4) is 0 Å². The second-order valence-electron chi connectivity index (χ2n) is 7.16. The van der Waals surface area contributed by atoms with E-state index in [0.717, 1.165) is 36.4 Å². The molecule has 0 saturated carbocycles. The van der Waals surface area contributed by atoms with E-state index in [-0.39, 0.29) is 18.4 Å². The van der Waals surface area contributed by atoms with Gasteiger partial charge in [-0.25, -0.2) is 0 Å². The summed E-state index contributed by atoms with van der Waals surface area (Å²) in [5.41, 5.74) is 2.16. The summed E-state index contributed by atoms with van der Waals surface area (Å²) in [6.07, 6.45) is -1.89. The Balaban J connectivity index is 0.00000243. The van der Waals surface area contributed by atoms with Crippen LogP contribution in [-0.2, 0) is 11.3 Å². The molecule has 0 aliphatic carbocycles. The van der Waals surface area contributed by atoms with Crippen molar-refractivity contribution in [2.75, 3.05) is 39.4 Å². The van der Waals surface area contributed by atoms with Crippen LogP contribution >= 0.6 is 12.4 Å². The van der Waals surface area contributed by atoms with Crippen molar-refractivity contribution in [2.45, 2.75) is 45.5 Å². The molecule has 3 rings (SSSR count). The van der Waals surface area contributed by atoms with Crippen molar-refractivity contribution < 1.29 is 17.9 Å². The van der Waals surface area contributed by atoms with Crippen molar-refractivity contribution in [3.05, 3.63) is 17.0 Å². The number of morpholine rings is 1. The second-order valence-corrected chi connectivity index (χ2v) is 7.16. The predicted octanol–water partition coefficient (Wildman–Crippen LogP) is 2.86.